The zero-order valence-corrected chi connectivity index (χ0v) is 13.8. The van der Waals surface area contributed by atoms with E-state index in [1.54, 1.807) is 30.5 Å². The molecule has 1 heterocycles. The number of benzene rings is 1. The molecule has 0 bridgehead atoms. The summed E-state index contributed by atoms with van der Waals surface area (Å²) in [6.45, 7) is 3.95. The molecule has 2 rings (SSSR count). The Morgan fingerprint density at radius 2 is 2.18 bits per heavy atom. The molecule has 0 fully saturated rings. The molecule has 0 aliphatic rings. The first-order chi connectivity index (χ1) is 10.5. The molecule has 0 spiro atoms. The van der Waals surface area contributed by atoms with E-state index in [-0.39, 0.29) is 18.3 Å². The maximum Gasteiger partial charge on any atom is 0.311 e. The van der Waals surface area contributed by atoms with Crippen LogP contribution in [0.1, 0.15) is 28.5 Å². The molecule has 0 atom stereocenters. The number of amides is 1. The van der Waals surface area contributed by atoms with Crippen molar-refractivity contribution in [3.63, 3.8) is 0 Å². The van der Waals surface area contributed by atoms with Crippen molar-refractivity contribution in [3.05, 3.63) is 45.4 Å². The quantitative estimate of drug-likeness (QED) is 0.848. The lowest BCUT2D eigenvalue weighted by molar-refractivity contribution is -0.142. The summed E-state index contributed by atoms with van der Waals surface area (Å²) >= 11 is 7.26. The van der Waals surface area contributed by atoms with Crippen LogP contribution in [0.4, 0.5) is 5.13 Å². The van der Waals surface area contributed by atoms with Gasteiger partial charge in [0, 0.05) is 16.0 Å². The molecular weight excluding hydrogens is 324 g/mol. The number of carbonyl (C=O) groups excluding carboxylic acids is 2. The monoisotopic (exact) mass is 338 g/mol. The van der Waals surface area contributed by atoms with E-state index in [4.69, 9.17) is 16.3 Å². The van der Waals surface area contributed by atoms with Gasteiger partial charge < -0.3 is 4.74 Å². The van der Waals surface area contributed by atoms with Gasteiger partial charge in [0.25, 0.3) is 5.91 Å². The maximum absolute atomic E-state index is 12.1. The Hall–Kier alpha value is -1.92. The van der Waals surface area contributed by atoms with Crippen molar-refractivity contribution in [1.29, 1.82) is 0 Å². The van der Waals surface area contributed by atoms with Crippen molar-refractivity contribution in [1.82, 2.24) is 4.98 Å². The lowest BCUT2D eigenvalue weighted by Gasteiger charge is -2.04. The predicted octanol–water partition coefficient (Wildman–Crippen LogP) is 3.46. The van der Waals surface area contributed by atoms with Gasteiger partial charge in [-0.15, -0.1) is 11.3 Å². The molecule has 2 aromatic rings. The zero-order valence-electron chi connectivity index (χ0n) is 12.2. The summed E-state index contributed by atoms with van der Waals surface area (Å²) in [5, 5.41) is 5.37. The molecule has 0 aliphatic carbocycles. The summed E-state index contributed by atoms with van der Waals surface area (Å²) in [6, 6.07) is 5.09. The van der Waals surface area contributed by atoms with Gasteiger partial charge in [0.05, 0.1) is 18.7 Å². The molecule has 0 unspecified atom stereocenters. The fourth-order valence-electron chi connectivity index (χ4n) is 1.71. The van der Waals surface area contributed by atoms with Crippen LogP contribution in [0.3, 0.4) is 0 Å². The Morgan fingerprint density at radius 1 is 1.41 bits per heavy atom. The van der Waals surface area contributed by atoms with Gasteiger partial charge in [-0.1, -0.05) is 17.7 Å². The second-order valence-corrected chi connectivity index (χ2v) is 5.81. The van der Waals surface area contributed by atoms with Crippen molar-refractivity contribution >= 4 is 39.9 Å². The van der Waals surface area contributed by atoms with Crippen LogP contribution >= 0.6 is 22.9 Å². The van der Waals surface area contributed by atoms with Crippen LogP contribution in [-0.2, 0) is 16.0 Å². The largest absolute Gasteiger partial charge is 0.466 e. The molecule has 5 nitrogen and oxygen atoms in total. The van der Waals surface area contributed by atoms with Gasteiger partial charge in [-0.3, -0.25) is 14.9 Å². The van der Waals surface area contributed by atoms with E-state index in [2.05, 4.69) is 10.3 Å². The van der Waals surface area contributed by atoms with Crippen molar-refractivity contribution in [3.8, 4) is 0 Å². The highest BCUT2D eigenvalue weighted by Gasteiger charge is 2.12. The number of ether oxygens (including phenoxy) is 1. The molecule has 22 heavy (non-hydrogen) atoms. The minimum atomic E-state index is -0.337. The molecule has 0 radical (unpaired) electrons. The third-order valence-electron chi connectivity index (χ3n) is 2.84. The van der Waals surface area contributed by atoms with Gasteiger partial charge in [-0.25, -0.2) is 4.98 Å². The van der Waals surface area contributed by atoms with Gasteiger partial charge in [0.2, 0.25) is 0 Å². The summed E-state index contributed by atoms with van der Waals surface area (Å²) in [5.41, 5.74) is 1.93. The first-order valence-electron chi connectivity index (χ1n) is 6.67. The number of hydrogen-bond donors (Lipinski definition) is 1. The second-order valence-electron chi connectivity index (χ2n) is 4.54. The number of hydrogen-bond acceptors (Lipinski definition) is 5. The van der Waals surface area contributed by atoms with E-state index in [0.29, 0.717) is 28.0 Å². The minimum Gasteiger partial charge on any atom is -0.466 e. The number of aromatic nitrogens is 1. The second kappa shape index (κ2) is 7.38. The summed E-state index contributed by atoms with van der Waals surface area (Å²) < 4.78 is 4.85. The molecule has 0 saturated heterocycles. The fraction of sp³-hybridized carbons (Fsp3) is 0.267. The smallest absolute Gasteiger partial charge is 0.311 e. The molecular formula is C15H15ClN2O3S. The van der Waals surface area contributed by atoms with Crippen molar-refractivity contribution in [2.75, 3.05) is 11.9 Å². The van der Waals surface area contributed by atoms with Gasteiger partial charge in [-0.2, -0.15) is 0 Å². The Balaban J connectivity index is 2.01. The van der Waals surface area contributed by atoms with Crippen LogP contribution in [0, 0.1) is 6.92 Å². The minimum absolute atomic E-state index is 0.0938. The van der Waals surface area contributed by atoms with E-state index in [0.717, 1.165) is 5.56 Å². The average molecular weight is 339 g/mol. The van der Waals surface area contributed by atoms with Crippen molar-refractivity contribution in [2.45, 2.75) is 20.3 Å². The Morgan fingerprint density at radius 3 is 2.86 bits per heavy atom. The molecule has 116 valence electrons. The Bertz CT molecular complexity index is 700. The van der Waals surface area contributed by atoms with Crippen LogP contribution < -0.4 is 5.32 Å². The van der Waals surface area contributed by atoms with Crippen LogP contribution in [-0.4, -0.2) is 23.5 Å². The molecule has 1 amide bonds. The molecule has 1 aromatic heterocycles. The first kappa shape index (κ1) is 16.5. The Kier molecular flexibility index (Phi) is 5.51. The number of aryl methyl sites for hydroxylation is 1. The molecule has 1 N–H and O–H groups in total. The van der Waals surface area contributed by atoms with Crippen LogP contribution in [0.2, 0.25) is 5.02 Å². The molecule has 0 aliphatic heterocycles. The highest BCUT2D eigenvalue weighted by molar-refractivity contribution is 7.14. The standard InChI is InChI=1S/C15H15ClN2O3S/c1-3-21-13(19)7-11-8-22-15(17-11)18-14(20)10-5-4-9(2)12(16)6-10/h4-6,8H,3,7H2,1-2H3,(H,17,18,20). The third-order valence-corrected chi connectivity index (χ3v) is 4.05. The number of nitrogens with one attached hydrogen (secondary N) is 1. The number of halogens is 1. The number of esters is 1. The predicted molar refractivity (Wildman–Crippen MR) is 86.6 cm³/mol. The van der Waals surface area contributed by atoms with E-state index in [1.807, 2.05) is 6.92 Å². The highest BCUT2D eigenvalue weighted by atomic mass is 35.5. The third kappa shape index (κ3) is 4.29. The first-order valence-corrected chi connectivity index (χ1v) is 7.93. The number of nitrogens with zero attached hydrogens (tertiary/aromatic N) is 1. The van der Waals surface area contributed by atoms with Gasteiger partial charge in [0.15, 0.2) is 5.13 Å². The molecule has 7 heteroatoms. The van der Waals surface area contributed by atoms with Crippen LogP contribution in [0.25, 0.3) is 0 Å². The topological polar surface area (TPSA) is 68.3 Å². The number of rotatable bonds is 5. The number of carbonyl (C=O) groups is 2. The SMILES string of the molecule is CCOC(=O)Cc1csc(NC(=O)c2ccc(C)c(Cl)c2)n1. The molecule has 1 aromatic carbocycles. The zero-order chi connectivity index (χ0) is 16.1. The van der Waals surface area contributed by atoms with E-state index >= 15 is 0 Å². The van der Waals surface area contributed by atoms with Gasteiger partial charge in [0.1, 0.15) is 0 Å². The number of thiazole rings is 1. The average Bonchev–Trinajstić information content (AvgIpc) is 2.89. The number of anilines is 1. The van der Waals surface area contributed by atoms with Gasteiger partial charge >= 0.3 is 5.97 Å². The summed E-state index contributed by atoms with van der Waals surface area (Å²) in [6.07, 6.45) is 0.0938. The summed E-state index contributed by atoms with van der Waals surface area (Å²) in [7, 11) is 0. The lowest BCUT2D eigenvalue weighted by atomic mass is 10.1. The van der Waals surface area contributed by atoms with Crippen molar-refractivity contribution in [2.24, 2.45) is 0 Å². The van der Waals surface area contributed by atoms with E-state index < -0.39 is 0 Å². The maximum atomic E-state index is 12.1. The Labute approximate surface area is 137 Å². The normalized spacial score (nSPS) is 10.3. The van der Waals surface area contributed by atoms with Crippen molar-refractivity contribution < 1.29 is 14.3 Å². The van der Waals surface area contributed by atoms with Crippen LogP contribution in [0.5, 0.6) is 0 Å². The summed E-state index contributed by atoms with van der Waals surface area (Å²) in [5.74, 6) is -0.630. The van der Waals surface area contributed by atoms with Gasteiger partial charge in [-0.05, 0) is 31.5 Å². The van der Waals surface area contributed by atoms with E-state index in [9.17, 15) is 9.59 Å². The highest BCUT2D eigenvalue weighted by Crippen LogP contribution is 2.20. The van der Waals surface area contributed by atoms with Crippen LogP contribution in [0.15, 0.2) is 23.6 Å². The summed E-state index contributed by atoms with van der Waals surface area (Å²) in [4.78, 5) is 27.7. The lowest BCUT2D eigenvalue weighted by Crippen LogP contribution is -2.12. The van der Waals surface area contributed by atoms with E-state index in [1.165, 1.54) is 11.3 Å². The fourth-order valence-corrected chi connectivity index (χ4v) is 2.59. The molecule has 0 saturated carbocycles.